The van der Waals surface area contributed by atoms with Crippen molar-refractivity contribution in [3.8, 4) is 33.4 Å². The Labute approximate surface area is 287 Å². The van der Waals surface area contributed by atoms with Gasteiger partial charge in [-0.1, -0.05) is 176 Å². The number of benzene rings is 9. The molecule has 0 amide bonds. The van der Waals surface area contributed by atoms with Crippen LogP contribution < -0.4 is 4.90 Å². The molecular weight excluding hydrogens is 591 g/mol. The first kappa shape index (κ1) is 28.8. The molecule has 0 fully saturated rings. The average Bonchev–Trinajstić information content (AvgIpc) is 3.18. The van der Waals surface area contributed by atoms with Crippen molar-refractivity contribution in [2.75, 3.05) is 4.90 Å². The highest BCUT2D eigenvalue weighted by Gasteiger charge is 2.21. The first-order valence-corrected chi connectivity index (χ1v) is 16.9. The van der Waals surface area contributed by atoms with Gasteiger partial charge < -0.3 is 4.90 Å². The fraction of sp³-hybridized carbons (Fsp3) is 0. The van der Waals surface area contributed by atoms with Crippen molar-refractivity contribution in [1.82, 2.24) is 0 Å². The summed E-state index contributed by atoms with van der Waals surface area (Å²) in [6, 6.07) is 72.6. The van der Waals surface area contributed by atoms with E-state index in [-0.39, 0.29) is 0 Å². The van der Waals surface area contributed by atoms with Crippen molar-refractivity contribution in [2.24, 2.45) is 0 Å². The summed E-state index contributed by atoms with van der Waals surface area (Å²) in [5.41, 5.74) is 10.5. The Hall–Kier alpha value is -6.44. The fourth-order valence-electron chi connectivity index (χ4n) is 7.32. The van der Waals surface area contributed by atoms with E-state index in [4.69, 9.17) is 0 Å². The Morgan fingerprint density at radius 2 is 0.755 bits per heavy atom. The zero-order valence-electron chi connectivity index (χ0n) is 27.0. The summed E-state index contributed by atoms with van der Waals surface area (Å²) in [7, 11) is 0. The van der Waals surface area contributed by atoms with Crippen molar-refractivity contribution in [2.45, 2.75) is 0 Å². The van der Waals surface area contributed by atoms with Gasteiger partial charge >= 0.3 is 0 Å². The minimum atomic E-state index is 1.11. The standard InChI is InChI=1S/C48H33N/c1-2-14-36(15-3-1)46-31-30-39(44-28-12-20-35-17-5-8-25-42(35)44)33-48(46)49(47-29-13-21-37-18-6-9-26-45(37)47)40-23-10-22-38(32-40)43-27-11-19-34-16-4-7-24-41(34)43/h1-33H. The topological polar surface area (TPSA) is 3.24 Å². The van der Waals surface area contributed by atoms with Gasteiger partial charge in [0.15, 0.2) is 0 Å². The molecule has 230 valence electrons. The Morgan fingerprint density at radius 3 is 1.43 bits per heavy atom. The number of rotatable bonds is 6. The van der Waals surface area contributed by atoms with Crippen LogP contribution in [0.15, 0.2) is 200 Å². The van der Waals surface area contributed by atoms with Crippen molar-refractivity contribution in [1.29, 1.82) is 0 Å². The van der Waals surface area contributed by atoms with Gasteiger partial charge in [-0.2, -0.15) is 0 Å². The van der Waals surface area contributed by atoms with Gasteiger partial charge in [-0.05, 0) is 79.0 Å². The maximum Gasteiger partial charge on any atom is 0.0546 e. The van der Waals surface area contributed by atoms with Gasteiger partial charge in [0.2, 0.25) is 0 Å². The van der Waals surface area contributed by atoms with E-state index in [1.54, 1.807) is 0 Å². The molecule has 0 atom stereocenters. The predicted molar refractivity (Wildman–Crippen MR) is 210 cm³/mol. The minimum absolute atomic E-state index is 1.11. The highest BCUT2D eigenvalue weighted by atomic mass is 15.1. The van der Waals surface area contributed by atoms with Crippen LogP contribution in [0.3, 0.4) is 0 Å². The van der Waals surface area contributed by atoms with Crippen molar-refractivity contribution in [3.05, 3.63) is 200 Å². The van der Waals surface area contributed by atoms with E-state index in [1.807, 2.05) is 0 Å². The number of anilines is 3. The zero-order chi connectivity index (χ0) is 32.6. The second-order valence-electron chi connectivity index (χ2n) is 12.5. The predicted octanol–water partition coefficient (Wildman–Crippen LogP) is 13.6. The van der Waals surface area contributed by atoms with E-state index < -0.39 is 0 Å². The molecule has 0 aliphatic carbocycles. The Kier molecular flexibility index (Phi) is 7.22. The first-order valence-electron chi connectivity index (χ1n) is 16.9. The highest BCUT2D eigenvalue weighted by Crippen LogP contribution is 2.46. The third kappa shape index (κ3) is 5.23. The van der Waals surface area contributed by atoms with Crippen LogP contribution >= 0.6 is 0 Å². The first-order chi connectivity index (χ1) is 24.3. The third-order valence-electron chi connectivity index (χ3n) is 9.64. The van der Waals surface area contributed by atoms with E-state index in [1.165, 1.54) is 65.7 Å². The van der Waals surface area contributed by atoms with Crippen molar-refractivity contribution in [3.63, 3.8) is 0 Å². The highest BCUT2D eigenvalue weighted by molar-refractivity contribution is 6.04. The lowest BCUT2D eigenvalue weighted by Crippen LogP contribution is -2.12. The normalized spacial score (nSPS) is 11.3. The van der Waals surface area contributed by atoms with Crippen LogP contribution in [-0.2, 0) is 0 Å². The molecule has 0 aliphatic rings. The molecule has 0 aliphatic heterocycles. The molecule has 0 N–H and O–H groups in total. The number of hydrogen-bond acceptors (Lipinski definition) is 1. The molecular formula is C48H33N. The molecule has 1 nitrogen and oxygen atoms in total. The van der Waals surface area contributed by atoms with E-state index in [2.05, 4.69) is 205 Å². The van der Waals surface area contributed by atoms with Crippen LogP contribution in [0.1, 0.15) is 0 Å². The third-order valence-corrected chi connectivity index (χ3v) is 9.64. The second kappa shape index (κ2) is 12.3. The van der Waals surface area contributed by atoms with Crippen molar-refractivity contribution >= 4 is 49.4 Å². The SMILES string of the molecule is c1ccc(-c2ccc(-c3cccc4ccccc34)cc2N(c2cccc(-c3cccc4ccccc34)c2)c2cccc3ccccc23)cc1. The lowest BCUT2D eigenvalue weighted by atomic mass is 9.93. The van der Waals surface area contributed by atoms with Crippen LogP contribution in [-0.4, -0.2) is 0 Å². The number of hydrogen-bond donors (Lipinski definition) is 0. The smallest absolute Gasteiger partial charge is 0.0546 e. The van der Waals surface area contributed by atoms with Gasteiger partial charge in [-0.3, -0.25) is 0 Å². The fourth-order valence-corrected chi connectivity index (χ4v) is 7.32. The summed E-state index contributed by atoms with van der Waals surface area (Å²) in [4.78, 5) is 2.47. The Bertz CT molecular complexity index is 2600. The van der Waals surface area contributed by atoms with Crippen LogP contribution in [0, 0.1) is 0 Å². The summed E-state index contributed by atoms with van der Waals surface area (Å²) >= 11 is 0. The molecule has 0 radical (unpaired) electrons. The summed E-state index contributed by atoms with van der Waals surface area (Å²) in [6.45, 7) is 0. The maximum atomic E-state index is 2.47. The Morgan fingerprint density at radius 1 is 0.265 bits per heavy atom. The molecule has 0 spiro atoms. The summed E-state index contributed by atoms with van der Waals surface area (Å²) in [5.74, 6) is 0. The van der Waals surface area contributed by atoms with Crippen molar-refractivity contribution < 1.29 is 0 Å². The van der Waals surface area contributed by atoms with E-state index >= 15 is 0 Å². The van der Waals surface area contributed by atoms with Crippen LogP contribution in [0.4, 0.5) is 17.1 Å². The maximum absolute atomic E-state index is 2.47. The average molecular weight is 624 g/mol. The molecule has 49 heavy (non-hydrogen) atoms. The van der Waals surface area contributed by atoms with Gasteiger partial charge in [0.1, 0.15) is 0 Å². The zero-order valence-corrected chi connectivity index (χ0v) is 27.0. The van der Waals surface area contributed by atoms with E-state index in [9.17, 15) is 0 Å². The number of fused-ring (bicyclic) bond motifs is 3. The summed E-state index contributed by atoms with van der Waals surface area (Å²) < 4.78 is 0. The number of nitrogens with zero attached hydrogens (tertiary/aromatic N) is 1. The molecule has 9 rings (SSSR count). The van der Waals surface area contributed by atoms with Crippen LogP contribution in [0.5, 0.6) is 0 Å². The monoisotopic (exact) mass is 623 g/mol. The molecule has 0 aromatic heterocycles. The minimum Gasteiger partial charge on any atom is -0.309 e. The van der Waals surface area contributed by atoms with E-state index in [0.717, 1.165) is 17.1 Å². The van der Waals surface area contributed by atoms with Crippen LogP contribution in [0.25, 0.3) is 65.7 Å². The van der Waals surface area contributed by atoms with E-state index in [0.29, 0.717) is 0 Å². The van der Waals surface area contributed by atoms with Gasteiger partial charge in [-0.15, -0.1) is 0 Å². The summed E-state index contributed by atoms with van der Waals surface area (Å²) in [6.07, 6.45) is 0. The molecule has 0 saturated carbocycles. The van der Waals surface area contributed by atoms with Gasteiger partial charge in [0.05, 0.1) is 11.4 Å². The molecule has 0 bridgehead atoms. The summed E-state index contributed by atoms with van der Waals surface area (Å²) in [5, 5.41) is 7.39. The molecule has 9 aromatic rings. The van der Waals surface area contributed by atoms with Crippen LogP contribution in [0.2, 0.25) is 0 Å². The lowest BCUT2D eigenvalue weighted by Gasteiger charge is -2.30. The Balaban J connectivity index is 1.34. The quantitative estimate of drug-likeness (QED) is 0.178. The van der Waals surface area contributed by atoms with Gasteiger partial charge in [0.25, 0.3) is 0 Å². The largest absolute Gasteiger partial charge is 0.309 e. The lowest BCUT2D eigenvalue weighted by molar-refractivity contribution is 1.30. The van der Waals surface area contributed by atoms with Gasteiger partial charge in [0, 0.05) is 16.6 Å². The molecule has 0 saturated heterocycles. The molecule has 0 unspecified atom stereocenters. The van der Waals surface area contributed by atoms with Gasteiger partial charge in [-0.25, -0.2) is 0 Å². The second-order valence-corrected chi connectivity index (χ2v) is 12.5. The molecule has 1 heteroatoms. The molecule has 9 aromatic carbocycles. The molecule has 0 heterocycles.